The molecule has 3 unspecified atom stereocenters. The number of fused-ring (bicyclic) bond motifs is 1. The van der Waals surface area contributed by atoms with Gasteiger partial charge in [-0.2, -0.15) is 9.97 Å². The number of aromatic nitrogens is 2. The van der Waals surface area contributed by atoms with E-state index >= 15 is 4.39 Å². The van der Waals surface area contributed by atoms with Crippen LogP contribution in [0.4, 0.5) is 10.2 Å². The van der Waals surface area contributed by atoms with Crippen LogP contribution >= 0.6 is 15.9 Å². The monoisotopic (exact) mass is 650 g/mol. The van der Waals surface area contributed by atoms with Crippen LogP contribution in [0.15, 0.2) is 15.6 Å². The summed E-state index contributed by atoms with van der Waals surface area (Å²) < 4.78 is 28.6. The summed E-state index contributed by atoms with van der Waals surface area (Å²) in [5.74, 6) is 0.0383. The molecule has 1 saturated heterocycles. The average molecular weight is 652 g/mol. The zero-order valence-corrected chi connectivity index (χ0v) is 28.4. The fourth-order valence-corrected chi connectivity index (χ4v) is 6.07. The average Bonchev–Trinajstić information content (AvgIpc) is 3.16. The van der Waals surface area contributed by atoms with Crippen molar-refractivity contribution in [1.82, 2.24) is 9.97 Å². The minimum Gasteiger partial charge on any atom is -0.463 e. The lowest BCUT2D eigenvalue weighted by Gasteiger charge is -2.33. The van der Waals surface area contributed by atoms with Gasteiger partial charge in [-0.1, -0.05) is 72.3 Å². The number of rotatable bonds is 14. The van der Waals surface area contributed by atoms with Crippen molar-refractivity contribution in [2.75, 3.05) is 37.8 Å². The number of unbranched alkanes of at least 4 members (excludes halogenated alkanes) is 4. The Morgan fingerprint density at radius 1 is 1.19 bits per heavy atom. The van der Waals surface area contributed by atoms with E-state index in [1.807, 2.05) is 24.8 Å². The number of aliphatic imine (C=N–C) groups is 1. The summed E-state index contributed by atoms with van der Waals surface area (Å²) in [7, 11) is 0. The van der Waals surface area contributed by atoms with E-state index in [0.717, 1.165) is 44.1 Å². The van der Waals surface area contributed by atoms with E-state index in [2.05, 4.69) is 48.6 Å². The molecule has 1 N–H and O–H groups in total. The summed E-state index contributed by atoms with van der Waals surface area (Å²) >= 11 is 3.50. The van der Waals surface area contributed by atoms with E-state index in [0.29, 0.717) is 36.9 Å². The third-order valence-electron chi connectivity index (χ3n) is 8.30. The highest BCUT2D eigenvalue weighted by Crippen LogP contribution is 2.44. The van der Waals surface area contributed by atoms with E-state index < -0.39 is 11.4 Å². The van der Waals surface area contributed by atoms with Crippen molar-refractivity contribution in [1.29, 1.82) is 0 Å². The zero-order valence-electron chi connectivity index (χ0n) is 26.9. The van der Waals surface area contributed by atoms with E-state index in [1.165, 1.54) is 19.3 Å². The van der Waals surface area contributed by atoms with Crippen LogP contribution in [0.5, 0.6) is 6.01 Å². The van der Waals surface area contributed by atoms with E-state index in [4.69, 9.17) is 19.5 Å². The number of hydrogen-bond donors (Lipinski definition) is 1. The van der Waals surface area contributed by atoms with Crippen molar-refractivity contribution in [3.8, 4) is 6.01 Å². The molecule has 0 radical (unpaired) electrons. The molecule has 0 amide bonds. The number of ether oxygens (including phenoxy) is 2. The SMILES string of the molecule is C/C=C1\C(=NC(C)CC)C(Br)=C(F)c2nc(OCC(C)(CCCC)CCCCCC)nc(N3CCOCC(C)(O)C3)c21. The Morgan fingerprint density at radius 3 is 2.57 bits per heavy atom. The quantitative estimate of drug-likeness (QED) is 0.204. The van der Waals surface area contributed by atoms with Crippen LogP contribution in [-0.2, 0) is 4.74 Å². The number of hydrogen-bond acceptors (Lipinski definition) is 7. The van der Waals surface area contributed by atoms with Crippen molar-refractivity contribution in [2.45, 2.75) is 118 Å². The van der Waals surface area contributed by atoms with Crippen molar-refractivity contribution < 1.29 is 19.0 Å². The molecule has 0 spiro atoms. The van der Waals surface area contributed by atoms with Gasteiger partial charge in [-0.05, 0) is 56.0 Å². The fraction of sp³-hybridized carbons (Fsp3) is 0.727. The third-order valence-corrected chi connectivity index (χ3v) is 9.02. The minimum atomic E-state index is -1.10. The summed E-state index contributed by atoms with van der Waals surface area (Å²) in [4.78, 5) is 16.4. The van der Waals surface area contributed by atoms with Crippen molar-refractivity contribution in [2.24, 2.45) is 10.4 Å². The molecule has 9 heteroatoms. The predicted octanol–water partition coefficient (Wildman–Crippen LogP) is 8.30. The van der Waals surface area contributed by atoms with Gasteiger partial charge < -0.3 is 19.5 Å². The molecule has 0 saturated carbocycles. The smallest absolute Gasteiger partial charge is 0.319 e. The van der Waals surface area contributed by atoms with Crippen LogP contribution in [0.25, 0.3) is 11.4 Å². The van der Waals surface area contributed by atoms with Gasteiger partial charge in [-0.25, -0.2) is 4.39 Å². The lowest BCUT2D eigenvalue weighted by atomic mass is 9.81. The molecule has 3 atom stereocenters. The van der Waals surface area contributed by atoms with E-state index in [9.17, 15) is 5.11 Å². The van der Waals surface area contributed by atoms with Crippen molar-refractivity contribution in [3.63, 3.8) is 0 Å². The van der Waals surface area contributed by atoms with Gasteiger partial charge in [0, 0.05) is 23.6 Å². The maximum absolute atomic E-state index is 16.2. The Labute approximate surface area is 261 Å². The van der Waals surface area contributed by atoms with Crippen LogP contribution in [0.3, 0.4) is 0 Å². The van der Waals surface area contributed by atoms with Crippen LogP contribution in [-0.4, -0.2) is 65.3 Å². The number of anilines is 1. The minimum absolute atomic E-state index is 0.00858. The Kier molecular flexibility index (Phi) is 13.0. The van der Waals surface area contributed by atoms with Crippen LogP contribution < -0.4 is 9.64 Å². The molecule has 236 valence electrons. The summed E-state index contributed by atoms with van der Waals surface area (Å²) in [5.41, 5.74) is 0.934. The van der Waals surface area contributed by atoms with Gasteiger partial charge >= 0.3 is 6.01 Å². The second-order valence-electron chi connectivity index (χ2n) is 12.6. The molecular weight excluding hydrogens is 599 g/mol. The summed E-state index contributed by atoms with van der Waals surface area (Å²) in [5, 5.41) is 11.0. The molecule has 1 aliphatic heterocycles. The largest absolute Gasteiger partial charge is 0.463 e. The fourth-order valence-electron chi connectivity index (χ4n) is 5.57. The first-order valence-electron chi connectivity index (χ1n) is 15.9. The molecule has 1 aromatic rings. The standard InChI is InChI=1S/C33H52BrFN4O3/c1-8-12-14-15-17-32(6,16-13-9-2)21-42-31-37-29-25(30(38-31)39-18-19-41-22-33(7,40)20-39)24(11-4)28(26(34)27(29)35)36-23(5)10-3/h11,23,40H,8-10,12-22H2,1-7H3/b24-11-,36-28?. The molecule has 1 fully saturated rings. The molecule has 7 nitrogen and oxygen atoms in total. The first kappa shape index (κ1) is 34.6. The normalized spacial score (nSPS) is 23.6. The van der Waals surface area contributed by atoms with Gasteiger partial charge in [-0.15, -0.1) is 0 Å². The zero-order chi connectivity index (χ0) is 30.9. The number of β-amino-alcohol motifs (C(OH)–C–C–N with tert-alkyl or cyclic N) is 1. The highest BCUT2D eigenvalue weighted by molar-refractivity contribution is 9.12. The van der Waals surface area contributed by atoms with E-state index in [1.54, 1.807) is 6.92 Å². The number of aliphatic hydroxyl groups is 1. The van der Waals surface area contributed by atoms with Crippen molar-refractivity contribution >= 4 is 38.9 Å². The first-order valence-corrected chi connectivity index (χ1v) is 16.7. The van der Waals surface area contributed by atoms with Crippen molar-refractivity contribution in [3.05, 3.63) is 21.8 Å². The van der Waals surface area contributed by atoms with Gasteiger partial charge in [0.25, 0.3) is 0 Å². The molecule has 42 heavy (non-hydrogen) atoms. The third kappa shape index (κ3) is 8.85. The second kappa shape index (κ2) is 15.8. The molecular formula is C33H52BrFN4O3. The molecule has 0 aromatic carbocycles. The molecule has 1 aromatic heterocycles. The van der Waals surface area contributed by atoms with Gasteiger partial charge in [0.05, 0.1) is 42.1 Å². The summed E-state index contributed by atoms with van der Waals surface area (Å²) in [6, 6.07) is 0.160. The Hall–Kier alpha value is -1.84. The Bertz CT molecular complexity index is 1150. The lowest BCUT2D eigenvalue weighted by Crippen LogP contribution is -2.42. The van der Waals surface area contributed by atoms with Crippen LogP contribution in [0.1, 0.15) is 118 Å². The molecule has 2 aliphatic rings. The predicted molar refractivity (Wildman–Crippen MR) is 175 cm³/mol. The van der Waals surface area contributed by atoms with Crippen LogP contribution in [0, 0.1) is 5.41 Å². The summed E-state index contributed by atoms with van der Waals surface area (Å²) in [6.07, 6.45) is 11.9. The van der Waals surface area contributed by atoms with Gasteiger partial charge in [0.1, 0.15) is 17.1 Å². The summed E-state index contributed by atoms with van der Waals surface area (Å²) in [6.45, 7) is 16.3. The van der Waals surface area contributed by atoms with Gasteiger partial charge in [-0.3, -0.25) is 4.99 Å². The topological polar surface area (TPSA) is 80.1 Å². The van der Waals surface area contributed by atoms with Gasteiger partial charge in [0.15, 0.2) is 5.83 Å². The number of halogens is 2. The lowest BCUT2D eigenvalue weighted by molar-refractivity contribution is -0.0123. The highest BCUT2D eigenvalue weighted by Gasteiger charge is 2.37. The molecule has 3 rings (SSSR count). The van der Waals surface area contributed by atoms with E-state index in [-0.39, 0.29) is 40.8 Å². The maximum atomic E-state index is 16.2. The second-order valence-corrected chi connectivity index (χ2v) is 13.4. The maximum Gasteiger partial charge on any atom is 0.319 e. The highest BCUT2D eigenvalue weighted by atomic mass is 79.9. The number of allylic oxidation sites excluding steroid dienone is 3. The van der Waals surface area contributed by atoms with Crippen LogP contribution in [0.2, 0.25) is 0 Å². The Balaban J connectivity index is 2.10. The molecule has 1 aliphatic carbocycles. The first-order chi connectivity index (χ1) is 20.0. The molecule has 0 bridgehead atoms. The molecule has 2 heterocycles. The Morgan fingerprint density at radius 2 is 1.90 bits per heavy atom. The van der Waals surface area contributed by atoms with Gasteiger partial charge in [0.2, 0.25) is 0 Å². The number of nitrogens with zero attached hydrogens (tertiary/aromatic N) is 4.